The standard InChI is InChI=1S/C23H30N6.HI/c1-3-24-23(25-13-11-19-17-29-14-5-4-6-22(29)26-19)27-20-12-15-28(16-20)21-9-7-18(2)8-10-21;/h4-10,14,17,20H,3,11-13,15-16H2,1-2H3,(H2,24,25,27);1H. The zero-order chi connectivity index (χ0) is 20.1. The molecule has 0 saturated carbocycles. The van der Waals surface area contributed by atoms with Crippen molar-refractivity contribution in [2.24, 2.45) is 4.99 Å². The molecule has 160 valence electrons. The third-order valence-corrected chi connectivity index (χ3v) is 5.32. The van der Waals surface area contributed by atoms with E-state index in [9.17, 15) is 0 Å². The molecule has 2 aromatic heterocycles. The first-order chi connectivity index (χ1) is 14.2. The third kappa shape index (κ3) is 5.65. The molecule has 3 heterocycles. The van der Waals surface area contributed by atoms with Gasteiger partial charge in [0.25, 0.3) is 0 Å². The second kappa shape index (κ2) is 10.7. The number of pyridine rings is 1. The zero-order valence-electron chi connectivity index (χ0n) is 17.7. The number of hydrogen-bond donors (Lipinski definition) is 2. The number of rotatable bonds is 6. The molecule has 4 rings (SSSR count). The molecule has 6 nitrogen and oxygen atoms in total. The van der Waals surface area contributed by atoms with Crippen molar-refractivity contribution >= 4 is 41.3 Å². The van der Waals surface area contributed by atoms with Gasteiger partial charge in [-0.1, -0.05) is 23.8 Å². The molecule has 1 saturated heterocycles. The van der Waals surface area contributed by atoms with E-state index < -0.39 is 0 Å². The fraction of sp³-hybridized carbons (Fsp3) is 0.391. The van der Waals surface area contributed by atoms with Crippen LogP contribution >= 0.6 is 24.0 Å². The van der Waals surface area contributed by atoms with Crippen LogP contribution in [-0.4, -0.2) is 47.6 Å². The Morgan fingerprint density at radius 2 is 2.03 bits per heavy atom. The normalized spacial score (nSPS) is 16.5. The van der Waals surface area contributed by atoms with Gasteiger partial charge in [0.15, 0.2) is 5.96 Å². The fourth-order valence-corrected chi connectivity index (χ4v) is 3.77. The summed E-state index contributed by atoms with van der Waals surface area (Å²) in [5, 5.41) is 6.99. The van der Waals surface area contributed by atoms with Crippen LogP contribution in [0.3, 0.4) is 0 Å². The molecule has 3 aromatic rings. The monoisotopic (exact) mass is 518 g/mol. The number of nitrogens with zero attached hydrogens (tertiary/aromatic N) is 4. The van der Waals surface area contributed by atoms with Crippen LogP contribution in [-0.2, 0) is 6.42 Å². The summed E-state index contributed by atoms with van der Waals surface area (Å²) in [6.45, 7) is 7.87. The topological polar surface area (TPSA) is 57.0 Å². The number of hydrogen-bond acceptors (Lipinski definition) is 3. The van der Waals surface area contributed by atoms with Gasteiger partial charge in [0.1, 0.15) is 5.65 Å². The average molecular weight is 518 g/mol. The third-order valence-electron chi connectivity index (χ3n) is 5.32. The van der Waals surface area contributed by atoms with Crippen LogP contribution in [0.2, 0.25) is 0 Å². The van der Waals surface area contributed by atoms with Crippen LogP contribution < -0.4 is 15.5 Å². The maximum absolute atomic E-state index is 4.78. The smallest absolute Gasteiger partial charge is 0.191 e. The highest BCUT2D eigenvalue weighted by Gasteiger charge is 2.23. The summed E-state index contributed by atoms with van der Waals surface area (Å²) in [7, 11) is 0. The summed E-state index contributed by atoms with van der Waals surface area (Å²) < 4.78 is 2.06. The van der Waals surface area contributed by atoms with Crippen molar-refractivity contribution < 1.29 is 0 Å². The Bertz CT molecular complexity index is 932. The first-order valence-electron chi connectivity index (χ1n) is 10.5. The molecule has 7 heteroatoms. The van der Waals surface area contributed by atoms with E-state index in [2.05, 4.69) is 69.2 Å². The van der Waals surface area contributed by atoms with Crippen LogP contribution in [0, 0.1) is 6.92 Å². The van der Waals surface area contributed by atoms with Gasteiger partial charge < -0.3 is 19.9 Å². The minimum Gasteiger partial charge on any atom is -0.369 e. The number of guanidine groups is 1. The lowest BCUT2D eigenvalue weighted by Gasteiger charge is -2.20. The number of aliphatic imine (C=N–C) groups is 1. The van der Waals surface area contributed by atoms with Gasteiger partial charge in [0.2, 0.25) is 0 Å². The predicted octanol–water partition coefficient (Wildman–Crippen LogP) is 3.64. The molecule has 1 aliphatic heterocycles. The van der Waals surface area contributed by atoms with Crippen LogP contribution in [0.1, 0.15) is 24.6 Å². The number of fused-ring (bicyclic) bond motifs is 1. The van der Waals surface area contributed by atoms with E-state index in [1.807, 2.05) is 24.4 Å². The number of halogens is 1. The first kappa shape index (κ1) is 22.4. The number of benzene rings is 1. The highest BCUT2D eigenvalue weighted by atomic mass is 127. The Labute approximate surface area is 195 Å². The van der Waals surface area contributed by atoms with Crippen molar-refractivity contribution in [1.82, 2.24) is 20.0 Å². The highest BCUT2D eigenvalue weighted by Crippen LogP contribution is 2.20. The summed E-state index contributed by atoms with van der Waals surface area (Å²) >= 11 is 0. The minimum atomic E-state index is 0. The summed E-state index contributed by atoms with van der Waals surface area (Å²) in [6.07, 6.45) is 6.06. The van der Waals surface area contributed by atoms with Crippen molar-refractivity contribution in [1.29, 1.82) is 0 Å². The molecular weight excluding hydrogens is 487 g/mol. The molecule has 1 aliphatic rings. The Morgan fingerprint density at radius 1 is 1.20 bits per heavy atom. The van der Waals surface area contributed by atoms with E-state index >= 15 is 0 Å². The van der Waals surface area contributed by atoms with E-state index in [-0.39, 0.29) is 24.0 Å². The predicted molar refractivity (Wildman–Crippen MR) is 135 cm³/mol. The fourth-order valence-electron chi connectivity index (χ4n) is 3.77. The Hall–Kier alpha value is -2.29. The van der Waals surface area contributed by atoms with Crippen molar-refractivity contribution in [2.45, 2.75) is 32.7 Å². The van der Waals surface area contributed by atoms with Gasteiger partial charge in [-0.2, -0.15) is 0 Å². The van der Waals surface area contributed by atoms with Crippen molar-refractivity contribution in [2.75, 3.05) is 31.1 Å². The summed E-state index contributed by atoms with van der Waals surface area (Å²) in [6, 6.07) is 15.3. The number of aromatic nitrogens is 2. The van der Waals surface area contributed by atoms with Gasteiger partial charge >= 0.3 is 0 Å². The van der Waals surface area contributed by atoms with Crippen LogP contribution in [0.4, 0.5) is 5.69 Å². The van der Waals surface area contributed by atoms with Crippen LogP contribution in [0.15, 0.2) is 59.9 Å². The van der Waals surface area contributed by atoms with Crippen molar-refractivity contribution in [3.8, 4) is 0 Å². The van der Waals surface area contributed by atoms with Gasteiger partial charge in [0.05, 0.1) is 5.69 Å². The minimum absolute atomic E-state index is 0. The van der Waals surface area contributed by atoms with Gasteiger partial charge in [-0.05, 0) is 44.5 Å². The van der Waals surface area contributed by atoms with Gasteiger partial charge in [-0.15, -0.1) is 24.0 Å². The van der Waals surface area contributed by atoms with Gasteiger partial charge in [-0.25, -0.2) is 4.98 Å². The lowest BCUT2D eigenvalue weighted by molar-refractivity contribution is 0.649. The molecule has 1 aromatic carbocycles. The first-order valence-corrected chi connectivity index (χ1v) is 10.5. The Balaban J connectivity index is 0.00000256. The maximum atomic E-state index is 4.78. The maximum Gasteiger partial charge on any atom is 0.191 e. The zero-order valence-corrected chi connectivity index (χ0v) is 20.0. The number of nitrogens with one attached hydrogen (secondary N) is 2. The molecule has 0 amide bonds. The largest absolute Gasteiger partial charge is 0.369 e. The van der Waals surface area contributed by atoms with Gasteiger partial charge in [-0.3, -0.25) is 4.99 Å². The van der Waals surface area contributed by atoms with E-state index in [0.717, 1.165) is 49.8 Å². The molecule has 30 heavy (non-hydrogen) atoms. The summed E-state index contributed by atoms with van der Waals surface area (Å²) in [5.41, 5.74) is 4.66. The number of anilines is 1. The average Bonchev–Trinajstić information content (AvgIpc) is 3.35. The Kier molecular flexibility index (Phi) is 7.95. The molecule has 0 spiro atoms. The van der Waals surface area contributed by atoms with Crippen LogP contribution in [0.5, 0.6) is 0 Å². The number of aryl methyl sites for hydroxylation is 1. The molecule has 0 radical (unpaired) electrons. The second-order valence-electron chi connectivity index (χ2n) is 7.62. The molecule has 0 bridgehead atoms. The Morgan fingerprint density at radius 3 is 2.80 bits per heavy atom. The molecular formula is C23H31IN6. The summed E-state index contributed by atoms with van der Waals surface area (Å²) in [5.74, 6) is 0.895. The molecule has 2 N–H and O–H groups in total. The number of imidazole rings is 1. The lowest BCUT2D eigenvalue weighted by Crippen LogP contribution is -2.44. The van der Waals surface area contributed by atoms with Crippen molar-refractivity contribution in [3.63, 3.8) is 0 Å². The molecule has 1 atom stereocenters. The van der Waals surface area contributed by atoms with Crippen LogP contribution in [0.25, 0.3) is 5.65 Å². The molecule has 1 unspecified atom stereocenters. The van der Waals surface area contributed by atoms with Crippen molar-refractivity contribution in [3.05, 3.63) is 66.1 Å². The quantitative estimate of drug-likeness (QED) is 0.297. The van der Waals surface area contributed by atoms with E-state index in [1.165, 1.54) is 11.3 Å². The van der Waals surface area contributed by atoms with E-state index in [1.54, 1.807) is 0 Å². The molecule has 1 fully saturated rings. The van der Waals surface area contributed by atoms with E-state index in [4.69, 9.17) is 4.99 Å². The van der Waals surface area contributed by atoms with Gasteiger partial charge in [0, 0.05) is 56.7 Å². The second-order valence-corrected chi connectivity index (χ2v) is 7.62. The highest BCUT2D eigenvalue weighted by molar-refractivity contribution is 14.0. The SMILES string of the molecule is CCNC(=NCCc1cn2ccccc2n1)NC1CCN(c2ccc(C)cc2)C1.I. The summed E-state index contributed by atoms with van der Waals surface area (Å²) in [4.78, 5) is 11.9. The van der Waals surface area contributed by atoms with E-state index in [0.29, 0.717) is 12.6 Å². The molecule has 0 aliphatic carbocycles. The lowest BCUT2D eigenvalue weighted by atomic mass is 10.2.